The van der Waals surface area contributed by atoms with Gasteiger partial charge in [-0.25, -0.2) is 13.2 Å². The molecule has 3 N–H and O–H groups in total. The van der Waals surface area contributed by atoms with E-state index in [4.69, 9.17) is 10.5 Å². The third-order valence-corrected chi connectivity index (χ3v) is 6.13. The van der Waals surface area contributed by atoms with Crippen molar-refractivity contribution in [2.45, 2.75) is 24.8 Å². The number of urea groups is 1. The van der Waals surface area contributed by atoms with Gasteiger partial charge in [0.05, 0.1) is 17.5 Å². The number of carbonyl (C=O) groups excluding carboxylic acids is 2. The molecule has 144 valence electrons. The third-order valence-electron chi connectivity index (χ3n) is 4.22. The highest BCUT2D eigenvalue weighted by atomic mass is 32.2. The van der Waals surface area contributed by atoms with Crippen LogP contribution in [0, 0.1) is 0 Å². The van der Waals surface area contributed by atoms with Crippen molar-refractivity contribution in [3.05, 3.63) is 24.3 Å². The van der Waals surface area contributed by atoms with Crippen LogP contribution in [0.15, 0.2) is 29.2 Å². The number of nitrogens with zero attached hydrogens (tertiary/aromatic N) is 2. The number of piperazine rings is 1. The van der Waals surface area contributed by atoms with Crippen molar-refractivity contribution in [2.75, 3.05) is 32.8 Å². The van der Waals surface area contributed by atoms with Crippen LogP contribution in [0.5, 0.6) is 5.75 Å². The Morgan fingerprint density at radius 2 is 1.77 bits per heavy atom. The van der Waals surface area contributed by atoms with Crippen LogP contribution in [0.3, 0.4) is 0 Å². The van der Waals surface area contributed by atoms with Crippen molar-refractivity contribution in [1.29, 1.82) is 0 Å². The second-order valence-corrected chi connectivity index (χ2v) is 7.81. The van der Waals surface area contributed by atoms with E-state index in [0.29, 0.717) is 25.4 Å². The summed E-state index contributed by atoms with van der Waals surface area (Å²) in [7, 11) is -3.61. The number of carbonyl (C=O) groups is 2. The fraction of sp³-hybridized carbons (Fsp3) is 0.500. The predicted octanol–water partition coefficient (Wildman–Crippen LogP) is -0.0250. The maximum Gasteiger partial charge on any atom is 0.318 e. The first-order chi connectivity index (χ1) is 12.3. The summed E-state index contributed by atoms with van der Waals surface area (Å²) < 4.78 is 32.2. The minimum atomic E-state index is -3.61. The van der Waals surface area contributed by atoms with E-state index in [1.54, 1.807) is 19.1 Å². The molecule has 0 saturated carbocycles. The van der Waals surface area contributed by atoms with Gasteiger partial charge in [-0.3, -0.25) is 15.0 Å². The standard InChI is InChI=1S/C16H24N4O5S/c1-3-25-13-4-6-14(7-5-13)26(23,24)20-10-8-19(9-11-20)12(2)15(21)18-16(17)22/h4-7,12H,3,8-11H2,1-2H3,(H3,17,18,21,22). The number of hydrogen-bond acceptors (Lipinski definition) is 6. The van der Waals surface area contributed by atoms with Gasteiger partial charge in [0, 0.05) is 26.2 Å². The second kappa shape index (κ2) is 8.47. The normalized spacial score (nSPS) is 17.5. The van der Waals surface area contributed by atoms with Crippen LogP contribution >= 0.6 is 0 Å². The Hall–Kier alpha value is -2.17. The molecule has 0 spiro atoms. The summed E-state index contributed by atoms with van der Waals surface area (Å²) in [6.45, 7) is 5.28. The summed E-state index contributed by atoms with van der Waals surface area (Å²) in [6, 6.07) is 4.83. The number of hydrogen-bond donors (Lipinski definition) is 2. The van der Waals surface area contributed by atoms with Crippen LogP contribution in [-0.4, -0.2) is 68.4 Å². The summed E-state index contributed by atoms with van der Waals surface area (Å²) in [4.78, 5) is 24.6. The molecule has 1 aliphatic rings. The second-order valence-electron chi connectivity index (χ2n) is 5.87. The minimum absolute atomic E-state index is 0.203. The molecule has 1 unspecified atom stereocenters. The lowest BCUT2D eigenvalue weighted by Gasteiger charge is -2.36. The lowest BCUT2D eigenvalue weighted by molar-refractivity contribution is -0.125. The van der Waals surface area contributed by atoms with E-state index in [9.17, 15) is 18.0 Å². The Labute approximate surface area is 153 Å². The Bertz CT molecular complexity index is 742. The number of sulfonamides is 1. The molecule has 10 heteroatoms. The summed E-state index contributed by atoms with van der Waals surface area (Å²) in [5.41, 5.74) is 4.95. The number of imide groups is 1. The van der Waals surface area contributed by atoms with Crippen molar-refractivity contribution >= 4 is 22.0 Å². The van der Waals surface area contributed by atoms with E-state index in [2.05, 4.69) is 0 Å². The molecule has 1 heterocycles. The van der Waals surface area contributed by atoms with E-state index in [0.717, 1.165) is 0 Å². The van der Waals surface area contributed by atoms with E-state index in [-0.39, 0.29) is 18.0 Å². The molecule has 0 radical (unpaired) electrons. The predicted molar refractivity (Wildman–Crippen MR) is 95.1 cm³/mol. The van der Waals surface area contributed by atoms with Gasteiger partial charge in [0.2, 0.25) is 15.9 Å². The number of nitrogens with two attached hydrogens (primary N) is 1. The minimum Gasteiger partial charge on any atom is -0.494 e. The average molecular weight is 384 g/mol. The zero-order valence-corrected chi connectivity index (χ0v) is 15.7. The molecule has 1 saturated heterocycles. The molecule has 0 aromatic heterocycles. The fourth-order valence-corrected chi connectivity index (χ4v) is 4.17. The van der Waals surface area contributed by atoms with Crippen LogP contribution in [0.2, 0.25) is 0 Å². The number of ether oxygens (including phenoxy) is 1. The summed E-state index contributed by atoms with van der Waals surface area (Å²) in [6.07, 6.45) is 0. The van der Waals surface area contributed by atoms with Crippen LogP contribution in [0.25, 0.3) is 0 Å². The summed E-state index contributed by atoms with van der Waals surface area (Å²) >= 11 is 0. The van der Waals surface area contributed by atoms with E-state index in [1.807, 2.05) is 17.1 Å². The molecular weight excluding hydrogens is 360 g/mol. The SMILES string of the molecule is CCOc1ccc(S(=O)(=O)N2CCN(C(C)C(=O)NC(N)=O)CC2)cc1. The Morgan fingerprint density at radius 1 is 1.19 bits per heavy atom. The maximum atomic E-state index is 12.7. The smallest absolute Gasteiger partial charge is 0.318 e. The van der Waals surface area contributed by atoms with Crippen LogP contribution in [-0.2, 0) is 14.8 Å². The van der Waals surface area contributed by atoms with Crippen molar-refractivity contribution in [2.24, 2.45) is 5.73 Å². The highest BCUT2D eigenvalue weighted by Gasteiger charge is 2.32. The monoisotopic (exact) mass is 384 g/mol. The first kappa shape index (κ1) is 20.1. The van der Waals surface area contributed by atoms with Gasteiger partial charge in [-0.15, -0.1) is 0 Å². The number of primary amides is 1. The molecule has 3 amide bonds. The van der Waals surface area contributed by atoms with Gasteiger partial charge in [0.15, 0.2) is 0 Å². The van der Waals surface area contributed by atoms with Gasteiger partial charge < -0.3 is 10.5 Å². The molecule has 9 nitrogen and oxygen atoms in total. The number of benzene rings is 1. The molecular formula is C16H24N4O5S. The molecule has 1 atom stereocenters. The zero-order chi connectivity index (χ0) is 19.3. The van der Waals surface area contributed by atoms with Crippen LogP contribution in [0.1, 0.15) is 13.8 Å². The van der Waals surface area contributed by atoms with Gasteiger partial charge in [-0.2, -0.15) is 4.31 Å². The van der Waals surface area contributed by atoms with Gasteiger partial charge >= 0.3 is 6.03 Å². The Morgan fingerprint density at radius 3 is 2.27 bits per heavy atom. The van der Waals surface area contributed by atoms with Gasteiger partial charge in [-0.05, 0) is 38.1 Å². The molecule has 0 aliphatic carbocycles. The fourth-order valence-electron chi connectivity index (χ4n) is 2.75. The number of amides is 3. The Kier molecular flexibility index (Phi) is 6.57. The van der Waals surface area contributed by atoms with Crippen molar-refractivity contribution in [3.8, 4) is 5.75 Å². The number of nitrogens with one attached hydrogen (secondary N) is 1. The highest BCUT2D eigenvalue weighted by Crippen LogP contribution is 2.21. The van der Waals surface area contributed by atoms with Gasteiger partial charge in [-0.1, -0.05) is 0 Å². The van der Waals surface area contributed by atoms with Gasteiger partial charge in [0.25, 0.3) is 0 Å². The first-order valence-electron chi connectivity index (χ1n) is 8.33. The quantitative estimate of drug-likeness (QED) is 0.710. The number of rotatable bonds is 6. The summed E-state index contributed by atoms with van der Waals surface area (Å²) in [5.74, 6) is 0.117. The molecule has 1 aliphatic heterocycles. The topological polar surface area (TPSA) is 122 Å². The maximum absolute atomic E-state index is 12.7. The average Bonchev–Trinajstić information content (AvgIpc) is 2.61. The first-order valence-corrected chi connectivity index (χ1v) is 9.77. The van der Waals surface area contributed by atoms with Crippen molar-refractivity contribution in [1.82, 2.24) is 14.5 Å². The highest BCUT2D eigenvalue weighted by molar-refractivity contribution is 7.89. The molecule has 26 heavy (non-hydrogen) atoms. The molecule has 0 bridgehead atoms. The molecule has 2 rings (SSSR count). The van der Waals surface area contributed by atoms with E-state index in [1.165, 1.54) is 16.4 Å². The lowest BCUT2D eigenvalue weighted by Crippen LogP contribution is -2.55. The van der Waals surface area contributed by atoms with Crippen molar-refractivity contribution in [3.63, 3.8) is 0 Å². The Balaban J connectivity index is 1.99. The molecule has 1 aromatic carbocycles. The summed E-state index contributed by atoms with van der Waals surface area (Å²) in [5, 5.41) is 2.04. The largest absolute Gasteiger partial charge is 0.494 e. The molecule has 1 aromatic rings. The van der Waals surface area contributed by atoms with Crippen LogP contribution in [0.4, 0.5) is 4.79 Å². The molecule has 1 fully saturated rings. The van der Waals surface area contributed by atoms with E-state index < -0.39 is 28.0 Å². The lowest BCUT2D eigenvalue weighted by atomic mass is 10.2. The third kappa shape index (κ3) is 4.71. The van der Waals surface area contributed by atoms with Gasteiger partial charge in [0.1, 0.15) is 5.75 Å². The zero-order valence-electron chi connectivity index (χ0n) is 14.8. The van der Waals surface area contributed by atoms with E-state index >= 15 is 0 Å². The van der Waals surface area contributed by atoms with Crippen molar-refractivity contribution < 1.29 is 22.7 Å². The van der Waals surface area contributed by atoms with Crippen LogP contribution < -0.4 is 15.8 Å².